The van der Waals surface area contributed by atoms with Gasteiger partial charge in [0.15, 0.2) is 0 Å². The molecule has 1 unspecified atom stereocenters. The highest BCUT2D eigenvalue weighted by Gasteiger charge is 2.15. The van der Waals surface area contributed by atoms with E-state index in [-0.39, 0.29) is 0 Å². The van der Waals surface area contributed by atoms with Gasteiger partial charge in [-0.1, -0.05) is 76.0 Å². The molecule has 2 aromatic rings. The number of hydrogen-bond acceptors (Lipinski definition) is 1. The summed E-state index contributed by atoms with van der Waals surface area (Å²) >= 11 is 7.25. The van der Waals surface area contributed by atoms with E-state index in [1.54, 1.807) is 0 Å². The summed E-state index contributed by atoms with van der Waals surface area (Å²) in [5, 5.41) is 3.57. The van der Waals surface area contributed by atoms with Crippen LogP contribution in [0.2, 0.25) is 0 Å². The van der Waals surface area contributed by atoms with Gasteiger partial charge in [0.05, 0.1) is 0 Å². The van der Waals surface area contributed by atoms with Gasteiger partial charge < -0.3 is 5.32 Å². The first-order valence-electron chi connectivity index (χ1n) is 7.28. The van der Waals surface area contributed by atoms with E-state index in [4.69, 9.17) is 0 Å². The Kier molecular flexibility index (Phi) is 6.46. The fourth-order valence-corrected chi connectivity index (χ4v) is 3.48. The van der Waals surface area contributed by atoms with Crippen LogP contribution in [-0.4, -0.2) is 12.6 Å². The van der Waals surface area contributed by atoms with E-state index in [9.17, 15) is 0 Å². The average Bonchev–Trinajstić information content (AvgIpc) is 2.44. The van der Waals surface area contributed by atoms with Gasteiger partial charge in [-0.05, 0) is 35.7 Å². The Balaban J connectivity index is 2.22. The Morgan fingerprint density at radius 2 is 1.76 bits per heavy atom. The fraction of sp³-hybridized carbons (Fsp3) is 0.333. The molecule has 0 bridgehead atoms. The average molecular weight is 411 g/mol. The second kappa shape index (κ2) is 8.11. The van der Waals surface area contributed by atoms with Crippen molar-refractivity contribution in [2.45, 2.75) is 32.2 Å². The molecule has 0 aromatic heterocycles. The molecule has 0 aliphatic heterocycles. The zero-order valence-electron chi connectivity index (χ0n) is 12.4. The van der Waals surface area contributed by atoms with Gasteiger partial charge in [-0.3, -0.25) is 0 Å². The Morgan fingerprint density at radius 1 is 1.00 bits per heavy atom. The Bertz CT molecular complexity index is 581. The summed E-state index contributed by atoms with van der Waals surface area (Å²) in [6.45, 7) is 5.36. The molecule has 3 heteroatoms. The van der Waals surface area contributed by atoms with Crippen molar-refractivity contribution in [3.8, 4) is 0 Å². The molecule has 112 valence electrons. The molecule has 0 saturated carbocycles. The van der Waals surface area contributed by atoms with E-state index in [2.05, 4.69) is 99.6 Å². The van der Waals surface area contributed by atoms with Gasteiger partial charge in [0, 0.05) is 27.4 Å². The molecule has 1 nitrogen and oxygen atoms in total. The predicted octanol–water partition coefficient (Wildman–Crippen LogP) is 5.54. The minimum absolute atomic E-state index is 0.456. The topological polar surface area (TPSA) is 12.0 Å². The molecule has 1 atom stereocenters. The van der Waals surface area contributed by atoms with Gasteiger partial charge in [-0.15, -0.1) is 0 Å². The summed E-state index contributed by atoms with van der Waals surface area (Å²) in [5.74, 6) is 0.456. The Morgan fingerprint density at radius 3 is 2.43 bits per heavy atom. The third-order valence-corrected chi connectivity index (χ3v) is 4.70. The van der Waals surface area contributed by atoms with E-state index in [0.29, 0.717) is 12.0 Å². The lowest BCUT2D eigenvalue weighted by molar-refractivity contribution is 0.526. The number of nitrogens with one attached hydrogen (secondary N) is 1. The van der Waals surface area contributed by atoms with E-state index >= 15 is 0 Å². The molecule has 0 heterocycles. The molecule has 21 heavy (non-hydrogen) atoms. The second-order valence-corrected chi connectivity index (χ2v) is 7.39. The molecule has 0 spiro atoms. The van der Waals surface area contributed by atoms with Gasteiger partial charge in [0.1, 0.15) is 0 Å². The molecule has 0 fully saturated rings. The lowest BCUT2D eigenvalue weighted by Crippen LogP contribution is -2.29. The van der Waals surface area contributed by atoms with Crippen LogP contribution in [0.5, 0.6) is 0 Å². The Hall–Kier alpha value is -0.640. The number of rotatable bonds is 6. The van der Waals surface area contributed by atoms with Gasteiger partial charge in [-0.2, -0.15) is 0 Å². The SMILES string of the molecule is CC(C)NCC(Cc1cccc(Br)c1)c1ccccc1Br. The highest BCUT2D eigenvalue weighted by atomic mass is 79.9. The van der Waals surface area contributed by atoms with Crippen LogP contribution in [0.4, 0.5) is 0 Å². The largest absolute Gasteiger partial charge is 0.314 e. The zero-order valence-corrected chi connectivity index (χ0v) is 15.6. The van der Waals surface area contributed by atoms with Crippen molar-refractivity contribution in [3.05, 3.63) is 68.6 Å². The molecule has 2 aromatic carbocycles. The second-order valence-electron chi connectivity index (χ2n) is 5.62. The zero-order chi connectivity index (χ0) is 15.2. The van der Waals surface area contributed by atoms with Crippen molar-refractivity contribution >= 4 is 31.9 Å². The molecule has 0 saturated heterocycles. The minimum Gasteiger partial charge on any atom is -0.314 e. The maximum Gasteiger partial charge on any atom is 0.0210 e. The van der Waals surface area contributed by atoms with Gasteiger partial charge in [-0.25, -0.2) is 0 Å². The normalized spacial score (nSPS) is 12.6. The van der Waals surface area contributed by atoms with Crippen LogP contribution in [-0.2, 0) is 6.42 Å². The van der Waals surface area contributed by atoms with E-state index in [1.165, 1.54) is 15.6 Å². The Labute approximate surface area is 144 Å². The lowest BCUT2D eigenvalue weighted by Gasteiger charge is -2.21. The number of benzene rings is 2. The molecule has 1 N–H and O–H groups in total. The summed E-state index contributed by atoms with van der Waals surface area (Å²) in [4.78, 5) is 0. The van der Waals surface area contributed by atoms with Crippen LogP contribution in [0, 0.1) is 0 Å². The van der Waals surface area contributed by atoms with E-state index in [1.807, 2.05) is 0 Å². The third kappa shape index (κ3) is 5.24. The van der Waals surface area contributed by atoms with Gasteiger partial charge in [0.25, 0.3) is 0 Å². The van der Waals surface area contributed by atoms with Crippen molar-refractivity contribution < 1.29 is 0 Å². The summed E-state index contributed by atoms with van der Waals surface area (Å²) in [6, 6.07) is 17.6. The summed E-state index contributed by atoms with van der Waals surface area (Å²) in [5.41, 5.74) is 2.72. The summed E-state index contributed by atoms with van der Waals surface area (Å²) in [6.07, 6.45) is 1.03. The molecule has 0 radical (unpaired) electrons. The highest BCUT2D eigenvalue weighted by molar-refractivity contribution is 9.10. The summed E-state index contributed by atoms with van der Waals surface area (Å²) in [7, 11) is 0. The van der Waals surface area contributed by atoms with Crippen LogP contribution in [0.3, 0.4) is 0 Å². The first kappa shape index (κ1) is 16.7. The fourth-order valence-electron chi connectivity index (χ4n) is 2.42. The lowest BCUT2D eigenvalue weighted by atomic mass is 9.91. The quantitative estimate of drug-likeness (QED) is 0.659. The van der Waals surface area contributed by atoms with Crippen LogP contribution >= 0.6 is 31.9 Å². The first-order chi connectivity index (χ1) is 10.1. The molecule has 0 amide bonds. The van der Waals surface area contributed by atoms with Crippen LogP contribution in [0.15, 0.2) is 57.5 Å². The maximum atomic E-state index is 3.69. The van der Waals surface area contributed by atoms with E-state index < -0.39 is 0 Å². The van der Waals surface area contributed by atoms with Crippen LogP contribution in [0.25, 0.3) is 0 Å². The minimum atomic E-state index is 0.456. The third-order valence-electron chi connectivity index (χ3n) is 3.49. The predicted molar refractivity (Wildman–Crippen MR) is 97.9 cm³/mol. The van der Waals surface area contributed by atoms with Gasteiger partial charge in [0.2, 0.25) is 0 Å². The van der Waals surface area contributed by atoms with Crippen molar-refractivity contribution in [1.82, 2.24) is 5.32 Å². The van der Waals surface area contributed by atoms with Gasteiger partial charge >= 0.3 is 0 Å². The van der Waals surface area contributed by atoms with Crippen molar-refractivity contribution in [2.24, 2.45) is 0 Å². The molecular weight excluding hydrogens is 390 g/mol. The van der Waals surface area contributed by atoms with Crippen molar-refractivity contribution in [1.29, 1.82) is 0 Å². The maximum absolute atomic E-state index is 3.69. The van der Waals surface area contributed by atoms with E-state index in [0.717, 1.165) is 17.4 Å². The van der Waals surface area contributed by atoms with Crippen LogP contribution in [0.1, 0.15) is 30.9 Å². The smallest absolute Gasteiger partial charge is 0.0210 e. The molecule has 2 rings (SSSR count). The highest BCUT2D eigenvalue weighted by Crippen LogP contribution is 2.28. The monoisotopic (exact) mass is 409 g/mol. The molecule has 0 aliphatic rings. The molecule has 0 aliphatic carbocycles. The first-order valence-corrected chi connectivity index (χ1v) is 8.87. The molecular formula is C18H21Br2N. The summed E-state index contributed by atoms with van der Waals surface area (Å²) < 4.78 is 2.33. The van der Waals surface area contributed by atoms with Crippen molar-refractivity contribution in [2.75, 3.05) is 6.54 Å². The number of hydrogen-bond donors (Lipinski definition) is 1. The van der Waals surface area contributed by atoms with Crippen molar-refractivity contribution in [3.63, 3.8) is 0 Å². The standard InChI is InChI=1S/C18H21Br2N/c1-13(2)21-12-15(17-8-3-4-9-18(17)20)10-14-6-5-7-16(19)11-14/h3-9,11,13,15,21H,10,12H2,1-2H3. The number of halogens is 2. The van der Waals surface area contributed by atoms with Crippen LogP contribution < -0.4 is 5.32 Å².